The SMILES string of the molecule is Cc1ccccc1COc1cc(CCc2ccc3c(c2)OCO3)ccc1C#N. The quantitative estimate of drug-likeness (QED) is 0.614. The Morgan fingerprint density at radius 2 is 1.68 bits per heavy atom. The lowest BCUT2D eigenvalue weighted by Gasteiger charge is -2.12. The predicted molar refractivity (Wildman–Crippen MR) is 107 cm³/mol. The summed E-state index contributed by atoms with van der Waals surface area (Å²) in [5, 5.41) is 9.40. The molecule has 3 aromatic carbocycles. The third-order valence-electron chi connectivity index (χ3n) is 4.95. The summed E-state index contributed by atoms with van der Waals surface area (Å²) >= 11 is 0. The maximum atomic E-state index is 9.40. The van der Waals surface area contributed by atoms with Gasteiger partial charge in [0.25, 0.3) is 0 Å². The second kappa shape index (κ2) is 8.06. The lowest BCUT2D eigenvalue weighted by atomic mass is 10.0. The molecule has 4 nitrogen and oxygen atoms in total. The molecule has 0 atom stereocenters. The molecule has 0 N–H and O–H groups in total. The first-order valence-corrected chi connectivity index (χ1v) is 9.32. The lowest BCUT2D eigenvalue weighted by molar-refractivity contribution is 0.174. The van der Waals surface area contributed by atoms with E-state index in [4.69, 9.17) is 14.2 Å². The predicted octanol–water partition coefficient (Wildman–Crippen LogP) is 4.96. The molecule has 0 aromatic heterocycles. The van der Waals surface area contributed by atoms with Crippen molar-refractivity contribution in [1.29, 1.82) is 5.26 Å². The highest BCUT2D eigenvalue weighted by Crippen LogP contribution is 2.33. The van der Waals surface area contributed by atoms with Gasteiger partial charge in [0, 0.05) is 0 Å². The molecule has 3 aromatic rings. The first kappa shape index (κ1) is 17.9. The van der Waals surface area contributed by atoms with Crippen LogP contribution in [0.1, 0.15) is 27.8 Å². The van der Waals surface area contributed by atoms with E-state index in [0.29, 0.717) is 17.9 Å². The standard InChI is InChI=1S/C24H21NO3/c1-17-4-2-3-5-21(17)15-26-23-12-18(8-10-20(23)14-25)6-7-19-9-11-22-24(13-19)28-16-27-22/h2-5,8-13H,6-7,15-16H2,1H3. The maximum Gasteiger partial charge on any atom is 0.231 e. The zero-order valence-electron chi connectivity index (χ0n) is 15.8. The Balaban J connectivity index is 1.45. The van der Waals surface area contributed by atoms with Crippen molar-refractivity contribution in [3.63, 3.8) is 0 Å². The van der Waals surface area contributed by atoms with Crippen molar-refractivity contribution >= 4 is 0 Å². The van der Waals surface area contributed by atoms with Gasteiger partial charge in [0.15, 0.2) is 11.5 Å². The van der Waals surface area contributed by atoms with E-state index in [1.54, 1.807) is 0 Å². The fraction of sp³-hybridized carbons (Fsp3) is 0.208. The van der Waals surface area contributed by atoms with Crippen LogP contribution in [0, 0.1) is 18.3 Å². The smallest absolute Gasteiger partial charge is 0.231 e. The number of fused-ring (bicyclic) bond motifs is 1. The zero-order chi connectivity index (χ0) is 19.3. The van der Waals surface area contributed by atoms with E-state index in [1.807, 2.05) is 48.5 Å². The van der Waals surface area contributed by atoms with Crippen LogP contribution in [0.2, 0.25) is 0 Å². The van der Waals surface area contributed by atoms with E-state index in [-0.39, 0.29) is 6.79 Å². The first-order valence-electron chi connectivity index (χ1n) is 9.32. The second-order valence-electron chi connectivity index (χ2n) is 6.85. The number of benzene rings is 3. The van der Waals surface area contributed by atoms with Crippen LogP contribution in [0.3, 0.4) is 0 Å². The Labute approximate surface area is 164 Å². The largest absolute Gasteiger partial charge is 0.488 e. The van der Waals surface area contributed by atoms with Gasteiger partial charge in [-0.25, -0.2) is 0 Å². The van der Waals surface area contributed by atoms with Crippen molar-refractivity contribution in [3.05, 3.63) is 88.5 Å². The number of nitrogens with zero attached hydrogens (tertiary/aromatic N) is 1. The summed E-state index contributed by atoms with van der Waals surface area (Å²) in [6, 6.07) is 22.2. The van der Waals surface area contributed by atoms with Crippen LogP contribution < -0.4 is 14.2 Å². The highest BCUT2D eigenvalue weighted by atomic mass is 16.7. The number of hydrogen-bond donors (Lipinski definition) is 0. The Morgan fingerprint density at radius 3 is 2.50 bits per heavy atom. The molecular formula is C24H21NO3. The van der Waals surface area contributed by atoms with Crippen LogP contribution in [-0.2, 0) is 19.4 Å². The van der Waals surface area contributed by atoms with Gasteiger partial charge in [0.1, 0.15) is 18.4 Å². The molecule has 0 amide bonds. The van der Waals surface area contributed by atoms with Crippen molar-refractivity contribution in [2.45, 2.75) is 26.4 Å². The minimum absolute atomic E-state index is 0.288. The summed E-state index contributed by atoms with van der Waals surface area (Å²) in [5.41, 5.74) is 5.19. The average Bonchev–Trinajstić information content (AvgIpc) is 3.19. The van der Waals surface area contributed by atoms with Gasteiger partial charge in [-0.2, -0.15) is 5.26 Å². The Bertz CT molecular complexity index is 1040. The molecule has 1 aliphatic heterocycles. The molecule has 4 rings (SSSR count). The number of nitriles is 1. The third kappa shape index (κ3) is 3.94. The van der Waals surface area contributed by atoms with Crippen LogP contribution in [0.5, 0.6) is 17.2 Å². The van der Waals surface area contributed by atoms with Gasteiger partial charge in [-0.05, 0) is 66.3 Å². The molecule has 0 unspecified atom stereocenters. The summed E-state index contributed by atoms with van der Waals surface area (Å²) in [7, 11) is 0. The summed E-state index contributed by atoms with van der Waals surface area (Å²) in [4.78, 5) is 0. The third-order valence-corrected chi connectivity index (χ3v) is 4.95. The lowest BCUT2D eigenvalue weighted by Crippen LogP contribution is -2.00. The number of aryl methyl sites for hydroxylation is 3. The van der Waals surface area contributed by atoms with E-state index in [9.17, 15) is 5.26 Å². The average molecular weight is 371 g/mol. The van der Waals surface area contributed by atoms with E-state index in [1.165, 1.54) is 11.1 Å². The molecular weight excluding hydrogens is 350 g/mol. The van der Waals surface area contributed by atoms with Crippen LogP contribution in [0.25, 0.3) is 0 Å². The second-order valence-corrected chi connectivity index (χ2v) is 6.85. The monoisotopic (exact) mass is 371 g/mol. The van der Waals surface area contributed by atoms with E-state index in [2.05, 4.69) is 25.1 Å². The zero-order valence-corrected chi connectivity index (χ0v) is 15.8. The Morgan fingerprint density at radius 1 is 0.929 bits per heavy atom. The van der Waals surface area contributed by atoms with Crippen LogP contribution in [-0.4, -0.2) is 6.79 Å². The van der Waals surface area contributed by atoms with E-state index >= 15 is 0 Å². The van der Waals surface area contributed by atoms with Crippen molar-refractivity contribution in [2.24, 2.45) is 0 Å². The molecule has 1 heterocycles. The molecule has 4 heteroatoms. The minimum Gasteiger partial charge on any atom is -0.488 e. The van der Waals surface area contributed by atoms with E-state index < -0.39 is 0 Å². The summed E-state index contributed by atoms with van der Waals surface area (Å²) in [5.74, 6) is 2.24. The molecule has 0 saturated carbocycles. The molecule has 1 aliphatic rings. The Kier molecular flexibility index (Phi) is 5.16. The maximum absolute atomic E-state index is 9.40. The van der Waals surface area contributed by atoms with Crippen molar-refractivity contribution in [3.8, 4) is 23.3 Å². The molecule has 0 spiro atoms. The Hall–Kier alpha value is -3.45. The summed E-state index contributed by atoms with van der Waals surface area (Å²) in [6.07, 6.45) is 1.73. The van der Waals surface area contributed by atoms with Gasteiger partial charge < -0.3 is 14.2 Å². The molecule has 0 saturated heterocycles. The van der Waals surface area contributed by atoms with Gasteiger partial charge in [0.05, 0.1) is 5.56 Å². The molecule has 0 radical (unpaired) electrons. The topological polar surface area (TPSA) is 51.5 Å². The van der Waals surface area contributed by atoms with Gasteiger partial charge in [-0.3, -0.25) is 0 Å². The van der Waals surface area contributed by atoms with E-state index in [0.717, 1.165) is 35.5 Å². The summed E-state index contributed by atoms with van der Waals surface area (Å²) < 4.78 is 16.8. The minimum atomic E-state index is 0.288. The van der Waals surface area contributed by atoms with Crippen molar-refractivity contribution in [1.82, 2.24) is 0 Å². The van der Waals surface area contributed by atoms with Gasteiger partial charge >= 0.3 is 0 Å². The molecule has 28 heavy (non-hydrogen) atoms. The van der Waals surface area contributed by atoms with Crippen LogP contribution in [0.15, 0.2) is 60.7 Å². The van der Waals surface area contributed by atoms with Gasteiger partial charge in [0.2, 0.25) is 6.79 Å². The molecule has 140 valence electrons. The number of rotatable bonds is 6. The summed E-state index contributed by atoms with van der Waals surface area (Å²) in [6.45, 7) is 2.80. The highest BCUT2D eigenvalue weighted by molar-refractivity contribution is 5.47. The molecule has 0 bridgehead atoms. The van der Waals surface area contributed by atoms with Crippen LogP contribution in [0.4, 0.5) is 0 Å². The van der Waals surface area contributed by atoms with Gasteiger partial charge in [-0.1, -0.05) is 36.4 Å². The van der Waals surface area contributed by atoms with Crippen molar-refractivity contribution < 1.29 is 14.2 Å². The first-order chi connectivity index (χ1) is 13.7. The molecule has 0 aliphatic carbocycles. The fourth-order valence-corrected chi connectivity index (χ4v) is 3.25. The van der Waals surface area contributed by atoms with Crippen LogP contribution >= 0.6 is 0 Å². The number of ether oxygens (including phenoxy) is 3. The fourth-order valence-electron chi connectivity index (χ4n) is 3.25. The molecule has 0 fully saturated rings. The normalized spacial score (nSPS) is 11.9. The number of hydrogen-bond acceptors (Lipinski definition) is 4. The van der Waals surface area contributed by atoms with Gasteiger partial charge in [-0.15, -0.1) is 0 Å². The van der Waals surface area contributed by atoms with Crippen molar-refractivity contribution in [2.75, 3.05) is 6.79 Å². The highest BCUT2D eigenvalue weighted by Gasteiger charge is 2.13.